The monoisotopic (exact) mass is 311 g/mol. The van der Waals surface area contributed by atoms with Crippen molar-refractivity contribution in [3.8, 4) is 0 Å². The molecule has 1 saturated heterocycles. The van der Waals surface area contributed by atoms with Crippen LogP contribution in [0.1, 0.15) is 26.2 Å². The Kier molecular flexibility index (Phi) is 5.61. The molecule has 0 radical (unpaired) electrons. The molecule has 0 aliphatic carbocycles. The van der Waals surface area contributed by atoms with Crippen molar-refractivity contribution in [2.45, 2.75) is 37.1 Å². The smallest absolute Gasteiger partial charge is 0.242 e. The van der Waals surface area contributed by atoms with Gasteiger partial charge in [0.15, 0.2) is 0 Å². The average molecular weight is 311 g/mol. The van der Waals surface area contributed by atoms with E-state index in [4.69, 9.17) is 0 Å². The van der Waals surface area contributed by atoms with Crippen molar-refractivity contribution < 1.29 is 8.42 Å². The molecule has 21 heavy (non-hydrogen) atoms. The molecule has 6 heteroatoms. The molecule has 0 amide bonds. The van der Waals surface area contributed by atoms with Gasteiger partial charge in [0.05, 0.1) is 5.69 Å². The number of hydrogen-bond acceptors (Lipinski definition) is 4. The first kappa shape index (κ1) is 16.3. The molecular formula is C15H25N3O2S. The fourth-order valence-electron chi connectivity index (χ4n) is 2.83. The Morgan fingerprint density at radius 2 is 2.05 bits per heavy atom. The average Bonchev–Trinajstić information content (AvgIpc) is 2.75. The van der Waals surface area contributed by atoms with E-state index in [2.05, 4.69) is 14.9 Å². The number of rotatable bonds is 5. The summed E-state index contributed by atoms with van der Waals surface area (Å²) < 4.78 is 27.3. The van der Waals surface area contributed by atoms with Crippen LogP contribution in [0.2, 0.25) is 0 Å². The SMILES string of the molecule is CCNS(=O)(=O)c1ccccc1N(C)C1CCCNCC1. The zero-order chi connectivity index (χ0) is 15.3. The second-order valence-electron chi connectivity index (χ2n) is 5.41. The number of anilines is 1. The molecule has 1 unspecified atom stereocenters. The van der Waals surface area contributed by atoms with Crippen LogP contribution in [0.4, 0.5) is 5.69 Å². The van der Waals surface area contributed by atoms with Gasteiger partial charge in [-0.15, -0.1) is 0 Å². The van der Waals surface area contributed by atoms with E-state index >= 15 is 0 Å². The van der Waals surface area contributed by atoms with Gasteiger partial charge in [-0.1, -0.05) is 19.1 Å². The highest BCUT2D eigenvalue weighted by Gasteiger charge is 2.23. The van der Waals surface area contributed by atoms with Crippen molar-refractivity contribution in [3.05, 3.63) is 24.3 Å². The lowest BCUT2D eigenvalue weighted by Crippen LogP contribution is -2.34. The minimum Gasteiger partial charge on any atom is -0.370 e. The summed E-state index contributed by atoms with van der Waals surface area (Å²) in [7, 11) is -1.44. The van der Waals surface area contributed by atoms with E-state index in [1.54, 1.807) is 19.1 Å². The van der Waals surface area contributed by atoms with Crippen LogP contribution >= 0.6 is 0 Å². The van der Waals surface area contributed by atoms with Gasteiger partial charge < -0.3 is 10.2 Å². The predicted molar refractivity (Wildman–Crippen MR) is 86.2 cm³/mol. The highest BCUT2D eigenvalue weighted by molar-refractivity contribution is 7.89. The van der Waals surface area contributed by atoms with Crippen LogP contribution in [0.15, 0.2) is 29.2 Å². The zero-order valence-corrected chi connectivity index (χ0v) is 13.6. The summed E-state index contributed by atoms with van der Waals surface area (Å²) in [6.45, 7) is 4.22. The predicted octanol–water partition coefficient (Wildman–Crippen LogP) is 1.56. The van der Waals surface area contributed by atoms with Crippen LogP contribution in [0.25, 0.3) is 0 Å². The van der Waals surface area contributed by atoms with Gasteiger partial charge in [0.2, 0.25) is 10.0 Å². The Morgan fingerprint density at radius 3 is 2.81 bits per heavy atom. The summed E-state index contributed by atoms with van der Waals surface area (Å²) in [5.41, 5.74) is 0.783. The molecule has 1 aliphatic rings. The Hall–Kier alpha value is -1.11. The highest BCUT2D eigenvalue weighted by Crippen LogP contribution is 2.27. The van der Waals surface area contributed by atoms with E-state index in [0.29, 0.717) is 17.5 Å². The van der Waals surface area contributed by atoms with Gasteiger partial charge in [-0.3, -0.25) is 0 Å². The lowest BCUT2D eigenvalue weighted by molar-refractivity contribution is 0.560. The molecule has 2 N–H and O–H groups in total. The molecule has 1 fully saturated rings. The topological polar surface area (TPSA) is 61.4 Å². The third-order valence-corrected chi connectivity index (χ3v) is 5.56. The molecule has 118 valence electrons. The number of para-hydroxylation sites is 1. The van der Waals surface area contributed by atoms with Crippen LogP contribution < -0.4 is 14.9 Å². The molecule has 1 aromatic rings. The fraction of sp³-hybridized carbons (Fsp3) is 0.600. The van der Waals surface area contributed by atoms with Crippen LogP contribution in [-0.4, -0.2) is 41.1 Å². The number of nitrogens with zero attached hydrogens (tertiary/aromatic N) is 1. The molecule has 5 nitrogen and oxygen atoms in total. The van der Waals surface area contributed by atoms with Gasteiger partial charge in [-0.2, -0.15) is 0 Å². The quantitative estimate of drug-likeness (QED) is 0.866. The fourth-order valence-corrected chi connectivity index (χ4v) is 4.11. The largest absolute Gasteiger partial charge is 0.370 e. The van der Waals surface area contributed by atoms with Gasteiger partial charge in [-0.25, -0.2) is 13.1 Å². The maximum absolute atomic E-state index is 12.4. The Morgan fingerprint density at radius 1 is 1.29 bits per heavy atom. The van der Waals surface area contributed by atoms with Crippen molar-refractivity contribution in [1.82, 2.24) is 10.0 Å². The van der Waals surface area contributed by atoms with Gasteiger partial charge >= 0.3 is 0 Å². The summed E-state index contributed by atoms with van der Waals surface area (Å²) in [5.74, 6) is 0. The van der Waals surface area contributed by atoms with Gasteiger partial charge in [0.25, 0.3) is 0 Å². The second-order valence-corrected chi connectivity index (χ2v) is 7.15. The number of hydrogen-bond donors (Lipinski definition) is 2. The summed E-state index contributed by atoms with van der Waals surface area (Å²) in [6.07, 6.45) is 3.24. The molecule has 0 aromatic heterocycles. The van der Waals surface area contributed by atoms with Gasteiger partial charge in [0.1, 0.15) is 4.90 Å². The molecule has 2 rings (SSSR count). The van der Waals surface area contributed by atoms with Crippen molar-refractivity contribution in [2.75, 3.05) is 31.6 Å². The molecule has 0 saturated carbocycles. The first-order valence-corrected chi connectivity index (χ1v) is 9.07. The first-order chi connectivity index (χ1) is 10.1. The van der Waals surface area contributed by atoms with Crippen LogP contribution in [0, 0.1) is 0 Å². The zero-order valence-electron chi connectivity index (χ0n) is 12.8. The third-order valence-electron chi connectivity index (χ3n) is 3.96. The molecule has 1 aromatic carbocycles. The Labute approximate surface area is 127 Å². The van der Waals surface area contributed by atoms with E-state index in [9.17, 15) is 8.42 Å². The van der Waals surface area contributed by atoms with Crippen molar-refractivity contribution in [2.24, 2.45) is 0 Å². The Bertz CT molecular complexity index is 552. The minimum absolute atomic E-state index is 0.367. The minimum atomic E-state index is -3.44. The van der Waals surface area contributed by atoms with E-state index in [1.807, 2.05) is 19.2 Å². The number of nitrogens with one attached hydrogen (secondary N) is 2. The molecular weight excluding hydrogens is 286 g/mol. The lowest BCUT2D eigenvalue weighted by atomic mass is 10.1. The summed E-state index contributed by atoms with van der Waals surface area (Å²) in [6, 6.07) is 7.61. The first-order valence-electron chi connectivity index (χ1n) is 7.58. The molecule has 0 bridgehead atoms. The number of benzene rings is 1. The van der Waals surface area contributed by atoms with E-state index in [-0.39, 0.29) is 0 Å². The van der Waals surface area contributed by atoms with Gasteiger partial charge in [0, 0.05) is 19.6 Å². The third kappa shape index (κ3) is 3.96. The standard InChI is InChI=1S/C15H25N3O2S/c1-3-17-21(19,20)15-9-5-4-8-14(15)18(2)13-7-6-11-16-12-10-13/h4-5,8-9,13,16-17H,3,6-7,10-12H2,1-2H3. The lowest BCUT2D eigenvalue weighted by Gasteiger charge is -2.30. The van der Waals surface area contributed by atoms with E-state index < -0.39 is 10.0 Å². The Balaban J connectivity index is 2.30. The normalized spacial score (nSPS) is 20.0. The van der Waals surface area contributed by atoms with Crippen molar-refractivity contribution in [1.29, 1.82) is 0 Å². The summed E-state index contributed by atoms with van der Waals surface area (Å²) >= 11 is 0. The summed E-state index contributed by atoms with van der Waals surface area (Å²) in [4.78, 5) is 2.49. The van der Waals surface area contributed by atoms with Crippen LogP contribution in [-0.2, 0) is 10.0 Å². The molecule has 1 aliphatic heterocycles. The van der Waals surface area contributed by atoms with Crippen molar-refractivity contribution >= 4 is 15.7 Å². The second kappa shape index (κ2) is 7.24. The van der Waals surface area contributed by atoms with Crippen molar-refractivity contribution in [3.63, 3.8) is 0 Å². The van der Waals surface area contributed by atoms with Gasteiger partial charge in [-0.05, 0) is 44.5 Å². The molecule has 1 atom stereocenters. The van der Waals surface area contributed by atoms with E-state index in [0.717, 1.165) is 38.0 Å². The van der Waals surface area contributed by atoms with Crippen LogP contribution in [0.5, 0.6) is 0 Å². The highest BCUT2D eigenvalue weighted by atomic mass is 32.2. The summed E-state index contributed by atoms with van der Waals surface area (Å²) in [5, 5.41) is 3.39. The van der Waals surface area contributed by atoms with Crippen LogP contribution in [0.3, 0.4) is 0 Å². The maximum Gasteiger partial charge on any atom is 0.242 e. The molecule has 0 spiro atoms. The molecule has 1 heterocycles. The maximum atomic E-state index is 12.4. The van der Waals surface area contributed by atoms with E-state index in [1.165, 1.54) is 0 Å². The number of sulfonamides is 1.